The average molecular weight is 219 g/mol. The predicted octanol–water partition coefficient (Wildman–Crippen LogP) is 3.70. The van der Waals surface area contributed by atoms with Crippen LogP contribution in [0, 0.1) is 0 Å². The van der Waals surface area contributed by atoms with Crippen LogP contribution in [0.15, 0.2) is 30.3 Å². The number of hydrogen-bond donors (Lipinski definition) is 0. The number of nitrogens with zero attached hydrogens (tertiary/aromatic N) is 1. The van der Waals surface area contributed by atoms with Crippen LogP contribution in [-0.4, -0.2) is 25.5 Å². The van der Waals surface area contributed by atoms with E-state index in [1.807, 2.05) is 0 Å². The molecule has 1 nitrogen and oxygen atoms in total. The zero-order valence-electron chi connectivity index (χ0n) is 11.2. The van der Waals surface area contributed by atoms with Gasteiger partial charge in [0.05, 0.1) is 0 Å². The quantitative estimate of drug-likeness (QED) is 0.705. The zero-order chi connectivity index (χ0) is 12.0. The summed E-state index contributed by atoms with van der Waals surface area (Å²) in [6.07, 6.45) is 3.69. The Kier molecular flexibility index (Phi) is 5.01. The van der Waals surface area contributed by atoms with Gasteiger partial charge in [0.1, 0.15) is 0 Å². The molecule has 1 rings (SSSR count). The molecular weight excluding hydrogens is 194 g/mol. The van der Waals surface area contributed by atoms with Crippen molar-refractivity contribution in [3.63, 3.8) is 0 Å². The van der Waals surface area contributed by atoms with E-state index in [1.165, 1.54) is 24.8 Å². The van der Waals surface area contributed by atoms with Crippen molar-refractivity contribution in [2.24, 2.45) is 0 Å². The van der Waals surface area contributed by atoms with Crippen molar-refractivity contribution < 1.29 is 0 Å². The summed E-state index contributed by atoms with van der Waals surface area (Å²) >= 11 is 0. The Morgan fingerprint density at radius 3 is 2.00 bits per heavy atom. The first-order valence-corrected chi connectivity index (χ1v) is 6.35. The molecule has 0 bridgehead atoms. The second-order valence-corrected chi connectivity index (χ2v) is 4.91. The third-order valence-corrected chi connectivity index (χ3v) is 3.78. The molecule has 1 heteroatoms. The molecule has 0 fully saturated rings. The molecule has 16 heavy (non-hydrogen) atoms. The van der Waals surface area contributed by atoms with Crippen LogP contribution >= 0.6 is 0 Å². The van der Waals surface area contributed by atoms with E-state index < -0.39 is 0 Å². The minimum atomic E-state index is 0.367. The van der Waals surface area contributed by atoms with E-state index >= 15 is 0 Å². The van der Waals surface area contributed by atoms with Crippen molar-refractivity contribution >= 4 is 0 Å². The van der Waals surface area contributed by atoms with Crippen LogP contribution in [0.4, 0.5) is 0 Å². The fraction of sp³-hybridized carbons (Fsp3) is 0.600. The minimum absolute atomic E-state index is 0.367. The molecule has 0 atom stereocenters. The smallest absolute Gasteiger partial charge is 0.00163 e. The van der Waals surface area contributed by atoms with Gasteiger partial charge in [-0.25, -0.2) is 0 Å². The second kappa shape index (κ2) is 6.05. The molecular formula is C15H25N. The largest absolute Gasteiger partial charge is 0.309 e. The Morgan fingerprint density at radius 1 is 1.00 bits per heavy atom. The van der Waals surface area contributed by atoms with Gasteiger partial charge in [-0.3, -0.25) is 0 Å². The highest BCUT2D eigenvalue weighted by molar-refractivity contribution is 5.25. The van der Waals surface area contributed by atoms with E-state index in [0.717, 1.165) is 6.54 Å². The first kappa shape index (κ1) is 13.2. The molecule has 1 aromatic carbocycles. The summed E-state index contributed by atoms with van der Waals surface area (Å²) in [5.41, 5.74) is 1.87. The summed E-state index contributed by atoms with van der Waals surface area (Å²) in [6, 6.07) is 11.0. The van der Waals surface area contributed by atoms with Crippen LogP contribution in [-0.2, 0) is 5.41 Å². The first-order valence-electron chi connectivity index (χ1n) is 6.35. The van der Waals surface area contributed by atoms with Crippen molar-refractivity contribution in [1.82, 2.24) is 4.90 Å². The Balaban J connectivity index is 2.87. The molecule has 0 spiro atoms. The molecule has 90 valence electrons. The van der Waals surface area contributed by atoms with Gasteiger partial charge in [0.25, 0.3) is 0 Å². The summed E-state index contributed by atoms with van der Waals surface area (Å²) in [5.74, 6) is 0. The fourth-order valence-electron chi connectivity index (χ4n) is 2.39. The van der Waals surface area contributed by atoms with Gasteiger partial charge < -0.3 is 4.90 Å². The van der Waals surface area contributed by atoms with Crippen molar-refractivity contribution in [2.45, 2.75) is 38.5 Å². The van der Waals surface area contributed by atoms with E-state index in [0.29, 0.717) is 5.41 Å². The van der Waals surface area contributed by atoms with E-state index in [2.05, 4.69) is 63.2 Å². The third-order valence-electron chi connectivity index (χ3n) is 3.78. The lowest BCUT2D eigenvalue weighted by Crippen LogP contribution is -2.29. The molecule has 0 unspecified atom stereocenters. The van der Waals surface area contributed by atoms with Crippen LogP contribution in [0.2, 0.25) is 0 Å². The monoisotopic (exact) mass is 219 g/mol. The normalized spacial score (nSPS) is 12.1. The maximum Gasteiger partial charge on any atom is -0.00163 e. The Bertz CT molecular complexity index is 286. The van der Waals surface area contributed by atoms with E-state index in [-0.39, 0.29) is 0 Å². The molecule has 0 N–H and O–H groups in total. The van der Waals surface area contributed by atoms with Crippen molar-refractivity contribution in [2.75, 3.05) is 20.6 Å². The SMILES string of the molecule is CCC(CC)(CCN(C)C)c1ccccc1. The van der Waals surface area contributed by atoms with Gasteiger partial charge in [0.15, 0.2) is 0 Å². The molecule has 0 amide bonds. The van der Waals surface area contributed by atoms with Gasteiger partial charge in [0.2, 0.25) is 0 Å². The highest BCUT2D eigenvalue weighted by atomic mass is 15.0. The van der Waals surface area contributed by atoms with Gasteiger partial charge in [-0.05, 0) is 50.9 Å². The zero-order valence-corrected chi connectivity index (χ0v) is 11.2. The van der Waals surface area contributed by atoms with Crippen LogP contribution in [0.5, 0.6) is 0 Å². The average Bonchev–Trinajstić information content (AvgIpc) is 2.32. The van der Waals surface area contributed by atoms with E-state index in [1.54, 1.807) is 0 Å². The van der Waals surface area contributed by atoms with Crippen LogP contribution in [0.3, 0.4) is 0 Å². The summed E-state index contributed by atoms with van der Waals surface area (Å²) in [6.45, 7) is 5.79. The van der Waals surface area contributed by atoms with Gasteiger partial charge >= 0.3 is 0 Å². The van der Waals surface area contributed by atoms with Gasteiger partial charge in [-0.1, -0.05) is 44.2 Å². The molecule has 1 aromatic rings. The highest BCUT2D eigenvalue weighted by Gasteiger charge is 2.27. The van der Waals surface area contributed by atoms with E-state index in [9.17, 15) is 0 Å². The van der Waals surface area contributed by atoms with Gasteiger partial charge in [-0.2, -0.15) is 0 Å². The Morgan fingerprint density at radius 2 is 1.56 bits per heavy atom. The standard InChI is InChI=1S/C15H25N/c1-5-15(6-2,12-13-16(3)4)14-10-8-7-9-11-14/h7-11H,5-6,12-13H2,1-4H3. The molecule has 0 aliphatic rings. The Hall–Kier alpha value is -0.820. The lowest BCUT2D eigenvalue weighted by atomic mass is 9.73. The van der Waals surface area contributed by atoms with Crippen LogP contribution in [0.25, 0.3) is 0 Å². The van der Waals surface area contributed by atoms with Crippen molar-refractivity contribution in [1.29, 1.82) is 0 Å². The van der Waals surface area contributed by atoms with Crippen molar-refractivity contribution in [3.05, 3.63) is 35.9 Å². The summed E-state index contributed by atoms with van der Waals surface area (Å²) in [7, 11) is 4.31. The minimum Gasteiger partial charge on any atom is -0.309 e. The van der Waals surface area contributed by atoms with E-state index in [4.69, 9.17) is 0 Å². The molecule has 0 saturated heterocycles. The molecule has 0 heterocycles. The van der Waals surface area contributed by atoms with Crippen LogP contribution in [0.1, 0.15) is 38.7 Å². The van der Waals surface area contributed by atoms with Crippen LogP contribution < -0.4 is 0 Å². The molecule has 0 aliphatic carbocycles. The highest BCUT2D eigenvalue weighted by Crippen LogP contribution is 2.34. The molecule has 0 radical (unpaired) electrons. The number of hydrogen-bond acceptors (Lipinski definition) is 1. The Labute approximate surface area is 100 Å². The second-order valence-electron chi connectivity index (χ2n) is 4.91. The maximum atomic E-state index is 2.31. The maximum absolute atomic E-state index is 2.31. The number of benzene rings is 1. The summed E-state index contributed by atoms with van der Waals surface area (Å²) < 4.78 is 0. The first-order chi connectivity index (χ1) is 7.64. The molecule has 0 saturated carbocycles. The third kappa shape index (κ3) is 3.08. The lowest BCUT2D eigenvalue weighted by Gasteiger charge is -2.33. The summed E-state index contributed by atoms with van der Waals surface area (Å²) in [4.78, 5) is 2.28. The topological polar surface area (TPSA) is 3.24 Å². The van der Waals surface area contributed by atoms with Gasteiger partial charge in [0, 0.05) is 0 Å². The number of rotatable bonds is 6. The lowest BCUT2D eigenvalue weighted by molar-refractivity contribution is 0.296. The van der Waals surface area contributed by atoms with Crippen molar-refractivity contribution in [3.8, 4) is 0 Å². The molecule has 0 aromatic heterocycles. The molecule has 0 aliphatic heterocycles. The summed E-state index contributed by atoms with van der Waals surface area (Å²) in [5, 5.41) is 0. The van der Waals surface area contributed by atoms with Gasteiger partial charge in [-0.15, -0.1) is 0 Å². The fourth-order valence-corrected chi connectivity index (χ4v) is 2.39. The predicted molar refractivity (Wildman–Crippen MR) is 71.9 cm³/mol.